The first-order valence-electron chi connectivity index (χ1n) is 5.15. The van der Waals surface area contributed by atoms with E-state index in [1.54, 1.807) is 23.7 Å². The fourth-order valence-corrected chi connectivity index (χ4v) is 2.86. The number of halogens is 1. The molecule has 0 bridgehead atoms. The van der Waals surface area contributed by atoms with E-state index in [0.717, 1.165) is 26.2 Å². The van der Waals surface area contributed by atoms with Crippen LogP contribution in [0, 0.1) is 0 Å². The average Bonchev–Trinajstić information content (AvgIpc) is 2.96. The lowest BCUT2D eigenvalue weighted by molar-refractivity contribution is 0.439. The summed E-state index contributed by atoms with van der Waals surface area (Å²) >= 11 is 5.02. The highest BCUT2D eigenvalue weighted by Gasteiger charge is 2.18. The predicted octanol–water partition coefficient (Wildman–Crippen LogP) is 3.81. The highest BCUT2D eigenvalue weighted by molar-refractivity contribution is 9.11. The van der Waals surface area contributed by atoms with Crippen LogP contribution in [-0.4, -0.2) is 10.1 Å². The van der Waals surface area contributed by atoms with E-state index in [1.807, 2.05) is 23.6 Å². The van der Waals surface area contributed by atoms with E-state index in [-0.39, 0.29) is 0 Å². The van der Waals surface area contributed by atoms with Crippen LogP contribution in [0.15, 0.2) is 44.3 Å². The maximum atomic E-state index is 5.85. The van der Waals surface area contributed by atoms with Gasteiger partial charge in [-0.1, -0.05) is 11.2 Å². The zero-order valence-electron chi connectivity index (χ0n) is 9.13. The normalized spacial score (nSPS) is 10.7. The predicted molar refractivity (Wildman–Crippen MR) is 75.2 cm³/mol. The Hall–Kier alpha value is -1.66. The van der Waals surface area contributed by atoms with E-state index in [0.29, 0.717) is 5.88 Å². The zero-order valence-corrected chi connectivity index (χ0v) is 11.5. The summed E-state index contributed by atoms with van der Waals surface area (Å²) in [6.07, 6.45) is 3.46. The highest BCUT2D eigenvalue weighted by Crippen LogP contribution is 2.38. The Morgan fingerprint density at radius 3 is 2.89 bits per heavy atom. The minimum atomic E-state index is 0.306. The zero-order chi connectivity index (χ0) is 12.5. The number of rotatable bonds is 2. The number of nitrogen functional groups attached to an aromatic ring is 1. The molecule has 3 heterocycles. The van der Waals surface area contributed by atoms with Crippen molar-refractivity contribution in [2.75, 3.05) is 5.73 Å². The summed E-state index contributed by atoms with van der Waals surface area (Å²) in [6.45, 7) is 0. The minimum Gasteiger partial charge on any atom is -0.367 e. The molecule has 0 aliphatic rings. The molecule has 0 atom stereocenters. The van der Waals surface area contributed by atoms with Crippen molar-refractivity contribution in [3.63, 3.8) is 0 Å². The van der Waals surface area contributed by atoms with Crippen LogP contribution >= 0.6 is 27.3 Å². The second-order valence-corrected chi connectivity index (χ2v) is 5.94. The molecular formula is C12H8BrN3OS. The number of aromatic nitrogens is 2. The first kappa shape index (κ1) is 11.4. The monoisotopic (exact) mass is 321 g/mol. The van der Waals surface area contributed by atoms with Crippen LogP contribution < -0.4 is 5.73 Å². The van der Waals surface area contributed by atoms with Crippen molar-refractivity contribution in [1.82, 2.24) is 10.1 Å². The molecule has 3 aromatic rings. The summed E-state index contributed by atoms with van der Waals surface area (Å²) < 4.78 is 6.14. The van der Waals surface area contributed by atoms with Gasteiger partial charge in [-0.2, -0.15) is 0 Å². The molecule has 0 saturated carbocycles. The van der Waals surface area contributed by atoms with Gasteiger partial charge in [-0.15, -0.1) is 11.3 Å². The van der Waals surface area contributed by atoms with Crippen molar-refractivity contribution in [2.24, 2.45) is 0 Å². The van der Waals surface area contributed by atoms with E-state index >= 15 is 0 Å². The summed E-state index contributed by atoms with van der Waals surface area (Å²) in [7, 11) is 0. The third-order valence-electron chi connectivity index (χ3n) is 2.51. The molecule has 18 heavy (non-hydrogen) atoms. The lowest BCUT2D eigenvalue weighted by Crippen LogP contribution is -1.87. The molecule has 0 radical (unpaired) electrons. The summed E-state index contributed by atoms with van der Waals surface area (Å²) in [5.74, 6) is 0.306. The SMILES string of the molecule is Nc1onc(-c2csc(Br)c2)c1-c1cccnc1. The largest absolute Gasteiger partial charge is 0.367 e. The van der Waals surface area contributed by atoms with Gasteiger partial charge < -0.3 is 10.3 Å². The molecule has 0 aliphatic carbocycles. The molecule has 0 fully saturated rings. The van der Waals surface area contributed by atoms with Gasteiger partial charge in [-0.3, -0.25) is 4.98 Å². The van der Waals surface area contributed by atoms with Gasteiger partial charge in [0.1, 0.15) is 5.69 Å². The Morgan fingerprint density at radius 2 is 2.22 bits per heavy atom. The molecule has 0 saturated heterocycles. The fraction of sp³-hybridized carbons (Fsp3) is 0. The lowest BCUT2D eigenvalue weighted by atomic mass is 10.0. The van der Waals surface area contributed by atoms with E-state index in [4.69, 9.17) is 10.3 Å². The number of nitrogens with two attached hydrogens (primary N) is 1. The highest BCUT2D eigenvalue weighted by atomic mass is 79.9. The molecule has 90 valence electrons. The fourth-order valence-electron chi connectivity index (χ4n) is 1.72. The van der Waals surface area contributed by atoms with Crippen molar-refractivity contribution in [2.45, 2.75) is 0 Å². The number of pyridine rings is 1. The first-order valence-corrected chi connectivity index (χ1v) is 6.83. The second kappa shape index (κ2) is 4.55. The van der Waals surface area contributed by atoms with Gasteiger partial charge >= 0.3 is 0 Å². The van der Waals surface area contributed by atoms with Crippen LogP contribution in [0.3, 0.4) is 0 Å². The molecule has 0 amide bonds. The van der Waals surface area contributed by atoms with Crippen molar-refractivity contribution in [1.29, 1.82) is 0 Å². The third-order valence-corrected chi connectivity index (χ3v) is 4.01. The topological polar surface area (TPSA) is 64.9 Å². The molecule has 0 aliphatic heterocycles. The van der Waals surface area contributed by atoms with Crippen molar-refractivity contribution >= 4 is 33.2 Å². The second-order valence-electron chi connectivity index (χ2n) is 3.65. The number of hydrogen-bond acceptors (Lipinski definition) is 5. The minimum absolute atomic E-state index is 0.306. The van der Waals surface area contributed by atoms with Crippen molar-refractivity contribution in [3.8, 4) is 22.4 Å². The third kappa shape index (κ3) is 1.93. The van der Waals surface area contributed by atoms with Crippen LogP contribution in [0.5, 0.6) is 0 Å². The van der Waals surface area contributed by atoms with Gasteiger partial charge in [0, 0.05) is 28.9 Å². The Morgan fingerprint density at radius 1 is 1.33 bits per heavy atom. The van der Waals surface area contributed by atoms with E-state index in [2.05, 4.69) is 26.1 Å². The standard InChI is InChI=1S/C12H8BrN3OS/c13-9-4-8(6-18-9)11-10(12(14)17-16-11)7-2-1-3-15-5-7/h1-6H,14H2. The van der Waals surface area contributed by atoms with Gasteiger partial charge in [0.15, 0.2) is 0 Å². The average molecular weight is 322 g/mol. The Labute approximate surface area is 116 Å². The molecule has 0 aromatic carbocycles. The first-order chi connectivity index (χ1) is 8.75. The molecule has 4 nitrogen and oxygen atoms in total. The molecular weight excluding hydrogens is 314 g/mol. The van der Waals surface area contributed by atoms with Crippen LogP contribution in [-0.2, 0) is 0 Å². The smallest absolute Gasteiger partial charge is 0.230 e. The number of thiophene rings is 1. The number of anilines is 1. The maximum Gasteiger partial charge on any atom is 0.230 e. The van der Waals surface area contributed by atoms with E-state index in [9.17, 15) is 0 Å². The molecule has 2 N–H and O–H groups in total. The van der Waals surface area contributed by atoms with Gasteiger partial charge in [0.25, 0.3) is 0 Å². The van der Waals surface area contributed by atoms with Crippen molar-refractivity contribution in [3.05, 3.63) is 39.8 Å². The van der Waals surface area contributed by atoms with E-state index < -0.39 is 0 Å². The molecule has 6 heteroatoms. The number of nitrogens with zero attached hydrogens (tertiary/aromatic N) is 2. The Balaban J connectivity index is 2.18. The van der Waals surface area contributed by atoms with E-state index in [1.165, 1.54) is 0 Å². The maximum absolute atomic E-state index is 5.85. The van der Waals surface area contributed by atoms with Crippen LogP contribution in [0.1, 0.15) is 0 Å². The molecule has 0 unspecified atom stereocenters. The Kier molecular flexibility index (Phi) is 2.89. The Bertz CT molecular complexity index is 678. The van der Waals surface area contributed by atoms with Crippen LogP contribution in [0.25, 0.3) is 22.4 Å². The van der Waals surface area contributed by atoms with Crippen molar-refractivity contribution < 1.29 is 4.52 Å². The van der Waals surface area contributed by atoms with Gasteiger partial charge in [-0.05, 0) is 28.1 Å². The summed E-state index contributed by atoms with van der Waals surface area (Å²) in [5.41, 5.74) is 9.25. The molecule has 3 aromatic heterocycles. The summed E-state index contributed by atoms with van der Waals surface area (Å²) in [4.78, 5) is 4.09. The quantitative estimate of drug-likeness (QED) is 0.779. The van der Waals surface area contributed by atoms with Gasteiger partial charge in [0.05, 0.1) is 9.35 Å². The van der Waals surface area contributed by atoms with Gasteiger partial charge in [0.2, 0.25) is 5.88 Å². The molecule has 3 rings (SSSR count). The van der Waals surface area contributed by atoms with Gasteiger partial charge in [-0.25, -0.2) is 0 Å². The number of hydrogen-bond donors (Lipinski definition) is 1. The van der Waals surface area contributed by atoms with Crippen LogP contribution in [0.2, 0.25) is 0 Å². The lowest BCUT2D eigenvalue weighted by Gasteiger charge is -1.99. The van der Waals surface area contributed by atoms with Crippen LogP contribution in [0.4, 0.5) is 5.88 Å². The summed E-state index contributed by atoms with van der Waals surface area (Å²) in [5, 5.41) is 6.03. The molecule has 0 spiro atoms. The summed E-state index contributed by atoms with van der Waals surface area (Å²) in [6, 6.07) is 5.78.